The quantitative estimate of drug-likeness (QED) is 0.595. The average Bonchev–Trinajstić information content (AvgIpc) is 2.88. The van der Waals surface area contributed by atoms with Crippen LogP contribution in [0.25, 0.3) is 0 Å². The van der Waals surface area contributed by atoms with E-state index < -0.39 is 0 Å². The second-order valence-corrected chi connectivity index (χ2v) is 8.03. The van der Waals surface area contributed by atoms with Crippen molar-refractivity contribution in [3.05, 3.63) is 27.3 Å². The number of amides is 1. The van der Waals surface area contributed by atoms with Crippen molar-refractivity contribution in [1.82, 2.24) is 20.2 Å². The van der Waals surface area contributed by atoms with Gasteiger partial charge < -0.3 is 5.32 Å². The number of thioether (sulfide) groups is 1. The van der Waals surface area contributed by atoms with Gasteiger partial charge in [-0.05, 0) is 84.5 Å². The van der Waals surface area contributed by atoms with Crippen molar-refractivity contribution in [3.63, 3.8) is 0 Å². The maximum absolute atomic E-state index is 12.1. The summed E-state index contributed by atoms with van der Waals surface area (Å²) in [6.45, 7) is 8.03. The second-order valence-electron chi connectivity index (χ2n) is 5.84. The molecule has 0 aliphatic carbocycles. The van der Waals surface area contributed by atoms with Crippen LogP contribution in [-0.2, 0) is 10.3 Å². The summed E-state index contributed by atoms with van der Waals surface area (Å²) >= 11 is 3.58. The molecule has 1 aromatic heterocycles. The van der Waals surface area contributed by atoms with Gasteiger partial charge in [0.2, 0.25) is 11.1 Å². The van der Waals surface area contributed by atoms with Gasteiger partial charge in [0.15, 0.2) is 0 Å². The van der Waals surface area contributed by atoms with Crippen molar-refractivity contribution in [1.29, 1.82) is 0 Å². The standard InChI is InChI=1S/C14H18IN5OS/c1-9-7-10(15)5-6-11(9)16-12(21)8-22-13-17-18-19-20(13)14(2,3)4/h5-7H,8H2,1-4H3,(H,16,21). The Balaban J connectivity index is 1.98. The SMILES string of the molecule is Cc1cc(I)ccc1NC(=O)CSc1nnnn1C(C)(C)C. The van der Waals surface area contributed by atoms with E-state index >= 15 is 0 Å². The van der Waals surface area contributed by atoms with E-state index in [4.69, 9.17) is 0 Å². The third kappa shape index (κ3) is 4.42. The van der Waals surface area contributed by atoms with E-state index in [1.165, 1.54) is 11.8 Å². The summed E-state index contributed by atoms with van der Waals surface area (Å²) in [6.07, 6.45) is 0. The molecule has 0 atom stereocenters. The van der Waals surface area contributed by atoms with E-state index in [-0.39, 0.29) is 17.2 Å². The van der Waals surface area contributed by atoms with Crippen molar-refractivity contribution < 1.29 is 4.79 Å². The largest absolute Gasteiger partial charge is 0.325 e. The Kier molecular flexibility index (Phi) is 5.43. The summed E-state index contributed by atoms with van der Waals surface area (Å²) in [7, 11) is 0. The lowest BCUT2D eigenvalue weighted by atomic mass is 10.1. The molecule has 0 aliphatic heterocycles. The van der Waals surface area contributed by atoms with E-state index in [2.05, 4.69) is 43.4 Å². The number of hydrogen-bond donors (Lipinski definition) is 1. The molecule has 0 spiro atoms. The van der Waals surface area contributed by atoms with Crippen molar-refractivity contribution in [2.45, 2.75) is 38.4 Å². The highest BCUT2D eigenvalue weighted by Crippen LogP contribution is 2.22. The molecule has 0 saturated heterocycles. The molecule has 2 aromatic rings. The smallest absolute Gasteiger partial charge is 0.234 e. The molecule has 0 aliphatic rings. The number of benzene rings is 1. The van der Waals surface area contributed by atoms with Crippen LogP contribution in [-0.4, -0.2) is 31.9 Å². The number of aromatic nitrogens is 4. The van der Waals surface area contributed by atoms with Crippen LogP contribution < -0.4 is 5.32 Å². The van der Waals surface area contributed by atoms with Gasteiger partial charge in [0.1, 0.15) is 0 Å². The predicted octanol–water partition coefficient (Wildman–Crippen LogP) is 3.07. The predicted molar refractivity (Wildman–Crippen MR) is 96.1 cm³/mol. The number of anilines is 1. The summed E-state index contributed by atoms with van der Waals surface area (Å²) in [6, 6.07) is 5.92. The number of nitrogens with zero attached hydrogens (tertiary/aromatic N) is 4. The number of carbonyl (C=O) groups excluding carboxylic acids is 1. The van der Waals surface area contributed by atoms with Gasteiger partial charge in [0.05, 0.1) is 11.3 Å². The van der Waals surface area contributed by atoms with Crippen LogP contribution >= 0.6 is 34.4 Å². The molecule has 2 rings (SSSR count). The van der Waals surface area contributed by atoms with Crippen LogP contribution in [0.4, 0.5) is 5.69 Å². The Morgan fingerprint density at radius 3 is 2.77 bits per heavy atom. The number of aryl methyl sites for hydroxylation is 1. The maximum Gasteiger partial charge on any atom is 0.234 e. The Morgan fingerprint density at radius 1 is 1.41 bits per heavy atom. The van der Waals surface area contributed by atoms with E-state index in [1.807, 2.05) is 45.9 Å². The Hall–Kier alpha value is -1.16. The molecule has 0 fully saturated rings. The zero-order valence-electron chi connectivity index (χ0n) is 12.9. The Bertz CT molecular complexity index is 680. The van der Waals surface area contributed by atoms with Crippen molar-refractivity contribution in [2.24, 2.45) is 0 Å². The van der Waals surface area contributed by atoms with E-state index in [0.29, 0.717) is 5.16 Å². The van der Waals surface area contributed by atoms with Crippen LogP contribution in [0.3, 0.4) is 0 Å². The van der Waals surface area contributed by atoms with Gasteiger partial charge in [-0.25, -0.2) is 4.68 Å². The lowest BCUT2D eigenvalue weighted by Gasteiger charge is -2.19. The number of rotatable bonds is 4. The Labute approximate surface area is 147 Å². The topological polar surface area (TPSA) is 72.7 Å². The number of hydrogen-bond acceptors (Lipinski definition) is 5. The average molecular weight is 431 g/mol. The fourth-order valence-corrected chi connectivity index (χ4v) is 3.28. The molecule has 0 saturated carbocycles. The Morgan fingerprint density at radius 2 is 2.14 bits per heavy atom. The number of carbonyl (C=O) groups is 1. The highest BCUT2D eigenvalue weighted by Gasteiger charge is 2.20. The monoisotopic (exact) mass is 431 g/mol. The minimum Gasteiger partial charge on any atom is -0.325 e. The zero-order valence-corrected chi connectivity index (χ0v) is 15.9. The zero-order chi connectivity index (χ0) is 16.3. The summed E-state index contributed by atoms with van der Waals surface area (Å²) < 4.78 is 2.87. The van der Waals surface area contributed by atoms with Crippen LogP contribution in [0.5, 0.6) is 0 Å². The molecule has 1 aromatic carbocycles. The van der Waals surface area contributed by atoms with Gasteiger partial charge in [0.25, 0.3) is 0 Å². The van der Waals surface area contributed by atoms with E-state index in [9.17, 15) is 4.79 Å². The van der Waals surface area contributed by atoms with Gasteiger partial charge in [-0.1, -0.05) is 11.8 Å². The molecule has 1 amide bonds. The first-order chi connectivity index (χ1) is 10.3. The molecule has 8 heteroatoms. The first-order valence-electron chi connectivity index (χ1n) is 6.75. The highest BCUT2D eigenvalue weighted by atomic mass is 127. The van der Waals surface area contributed by atoms with Gasteiger partial charge in [-0.15, -0.1) is 5.10 Å². The van der Waals surface area contributed by atoms with Crippen LogP contribution in [0.15, 0.2) is 23.4 Å². The maximum atomic E-state index is 12.1. The van der Waals surface area contributed by atoms with Gasteiger partial charge in [0, 0.05) is 9.26 Å². The summed E-state index contributed by atoms with van der Waals surface area (Å²) in [5.41, 5.74) is 1.67. The van der Waals surface area contributed by atoms with Crippen LogP contribution in [0.2, 0.25) is 0 Å². The molecule has 1 heterocycles. The lowest BCUT2D eigenvalue weighted by Crippen LogP contribution is -2.24. The first-order valence-corrected chi connectivity index (χ1v) is 8.81. The fourth-order valence-electron chi connectivity index (χ4n) is 1.77. The normalized spacial score (nSPS) is 11.5. The molecular formula is C14H18IN5OS. The van der Waals surface area contributed by atoms with Crippen LogP contribution in [0, 0.1) is 10.5 Å². The highest BCUT2D eigenvalue weighted by molar-refractivity contribution is 14.1. The molecule has 1 N–H and O–H groups in total. The minimum absolute atomic E-state index is 0.0715. The molecule has 6 nitrogen and oxygen atoms in total. The van der Waals surface area contributed by atoms with Crippen molar-refractivity contribution in [2.75, 3.05) is 11.1 Å². The third-order valence-electron chi connectivity index (χ3n) is 2.87. The molecule has 0 unspecified atom stereocenters. The number of halogens is 1. The molecule has 0 bridgehead atoms. The molecular weight excluding hydrogens is 413 g/mol. The number of nitrogens with one attached hydrogen (secondary N) is 1. The van der Waals surface area contributed by atoms with E-state index in [0.717, 1.165) is 14.8 Å². The van der Waals surface area contributed by atoms with Gasteiger partial charge in [-0.3, -0.25) is 4.79 Å². The third-order valence-corrected chi connectivity index (χ3v) is 4.46. The summed E-state index contributed by atoms with van der Waals surface area (Å²) in [5, 5.41) is 15.2. The molecule has 22 heavy (non-hydrogen) atoms. The first kappa shape index (κ1) is 17.2. The number of tetrazole rings is 1. The van der Waals surface area contributed by atoms with Crippen molar-refractivity contribution in [3.8, 4) is 0 Å². The van der Waals surface area contributed by atoms with Gasteiger partial charge in [-0.2, -0.15) is 0 Å². The summed E-state index contributed by atoms with van der Waals surface area (Å²) in [5.74, 6) is 0.194. The van der Waals surface area contributed by atoms with Crippen molar-refractivity contribution >= 4 is 45.9 Å². The van der Waals surface area contributed by atoms with E-state index in [1.54, 1.807) is 4.68 Å². The minimum atomic E-state index is -0.213. The second kappa shape index (κ2) is 6.95. The molecule has 118 valence electrons. The fraction of sp³-hybridized carbons (Fsp3) is 0.429. The van der Waals surface area contributed by atoms with Crippen LogP contribution in [0.1, 0.15) is 26.3 Å². The summed E-state index contributed by atoms with van der Waals surface area (Å²) in [4.78, 5) is 12.1. The van der Waals surface area contributed by atoms with Gasteiger partial charge >= 0.3 is 0 Å². The molecule has 0 radical (unpaired) electrons. The lowest BCUT2D eigenvalue weighted by molar-refractivity contribution is -0.113.